The van der Waals surface area contributed by atoms with E-state index in [0.29, 0.717) is 13.0 Å². The normalized spacial score (nSPS) is 19.0. The Morgan fingerprint density at radius 1 is 1.17 bits per heavy atom. The number of nitrogens with one attached hydrogen (secondary N) is 1. The Morgan fingerprint density at radius 2 is 2.03 bits per heavy atom. The van der Waals surface area contributed by atoms with Gasteiger partial charge in [-0.1, -0.05) is 0 Å². The van der Waals surface area contributed by atoms with Gasteiger partial charge in [-0.2, -0.15) is 5.10 Å². The summed E-state index contributed by atoms with van der Waals surface area (Å²) in [7, 11) is 0. The van der Waals surface area contributed by atoms with Crippen LogP contribution in [0, 0.1) is 17.6 Å². The first kappa shape index (κ1) is 19.0. The molecule has 0 bridgehead atoms. The van der Waals surface area contributed by atoms with E-state index in [0.717, 1.165) is 73.9 Å². The van der Waals surface area contributed by atoms with Crippen molar-refractivity contribution in [2.75, 3.05) is 23.3 Å². The second kappa shape index (κ2) is 7.66. The minimum Gasteiger partial charge on any atom is -0.354 e. The molecule has 1 fully saturated rings. The second-order valence-corrected chi connectivity index (χ2v) is 8.07. The number of aryl methyl sites for hydroxylation is 2. The van der Waals surface area contributed by atoms with E-state index in [9.17, 15) is 13.6 Å². The average Bonchev–Trinajstić information content (AvgIpc) is 3.15. The zero-order valence-corrected chi connectivity index (χ0v) is 16.6. The maximum atomic E-state index is 13.9. The summed E-state index contributed by atoms with van der Waals surface area (Å²) in [5.74, 6) is -1.01. The summed E-state index contributed by atoms with van der Waals surface area (Å²) in [4.78, 5) is 19.6. The van der Waals surface area contributed by atoms with Crippen LogP contribution in [0.15, 0.2) is 30.6 Å². The number of rotatable bonds is 3. The van der Waals surface area contributed by atoms with Gasteiger partial charge in [0.25, 0.3) is 0 Å². The first-order valence-corrected chi connectivity index (χ1v) is 10.5. The zero-order valence-electron chi connectivity index (χ0n) is 16.6. The lowest BCUT2D eigenvalue weighted by atomic mass is 9.95. The fraction of sp³-hybridized carbons (Fsp3) is 0.409. The molecule has 1 amide bonds. The SMILES string of the molecule is O=C(Nc1cc(F)ccc1F)C1CCCN(c2nccn3nc4c(c23)CCCC4)C1. The van der Waals surface area contributed by atoms with Crippen molar-refractivity contribution in [3.05, 3.63) is 53.5 Å². The number of anilines is 2. The molecule has 0 radical (unpaired) electrons. The van der Waals surface area contributed by atoms with Crippen molar-refractivity contribution in [3.8, 4) is 0 Å². The van der Waals surface area contributed by atoms with Crippen LogP contribution in [0.5, 0.6) is 0 Å². The van der Waals surface area contributed by atoms with Crippen LogP contribution in [0.25, 0.3) is 5.52 Å². The highest BCUT2D eigenvalue weighted by molar-refractivity contribution is 5.93. The van der Waals surface area contributed by atoms with Gasteiger partial charge in [-0.05, 0) is 50.7 Å². The average molecular weight is 411 g/mol. The molecule has 2 aliphatic rings. The highest BCUT2D eigenvalue weighted by Crippen LogP contribution is 2.32. The number of carbonyl (C=O) groups excluding carboxylic acids is 1. The number of piperidine rings is 1. The predicted octanol–water partition coefficient (Wildman–Crippen LogP) is 3.74. The number of hydrogen-bond donors (Lipinski definition) is 1. The van der Waals surface area contributed by atoms with Crippen LogP contribution < -0.4 is 10.2 Å². The molecular weight excluding hydrogens is 388 g/mol. The minimum absolute atomic E-state index is 0.123. The Hall–Kier alpha value is -3.03. The molecule has 1 atom stereocenters. The van der Waals surface area contributed by atoms with Crippen LogP contribution in [0.4, 0.5) is 20.3 Å². The number of fused-ring (bicyclic) bond motifs is 3. The van der Waals surface area contributed by atoms with Crippen molar-refractivity contribution in [2.45, 2.75) is 38.5 Å². The fourth-order valence-corrected chi connectivity index (χ4v) is 4.59. The molecule has 8 heteroatoms. The largest absolute Gasteiger partial charge is 0.354 e. The summed E-state index contributed by atoms with van der Waals surface area (Å²) >= 11 is 0. The van der Waals surface area contributed by atoms with E-state index in [-0.39, 0.29) is 17.5 Å². The molecule has 156 valence electrons. The summed E-state index contributed by atoms with van der Waals surface area (Å²) in [5, 5.41) is 7.29. The summed E-state index contributed by atoms with van der Waals surface area (Å²) in [6, 6.07) is 3.06. The maximum absolute atomic E-state index is 13.9. The van der Waals surface area contributed by atoms with Gasteiger partial charge in [0.15, 0.2) is 5.82 Å². The molecule has 3 heterocycles. The van der Waals surface area contributed by atoms with Gasteiger partial charge in [-0.25, -0.2) is 18.3 Å². The lowest BCUT2D eigenvalue weighted by Gasteiger charge is -2.33. The van der Waals surface area contributed by atoms with E-state index in [2.05, 4.69) is 15.2 Å². The molecule has 5 rings (SSSR count). The second-order valence-electron chi connectivity index (χ2n) is 8.07. The molecule has 1 aliphatic heterocycles. The third kappa shape index (κ3) is 3.40. The summed E-state index contributed by atoms with van der Waals surface area (Å²) in [6.45, 7) is 1.28. The van der Waals surface area contributed by atoms with E-state index < -0.39 is 11.6 Å². The Kier molecular flexibility index (Phi) is 4.84. The molecule has 3 aromatic rings. The Labute approximate surface area is 172 Å². The van der Waals surface area contributed by atoms with Crippen molar-refractivity contribution < 1.29 is 13.6 Å². The van der Waals surface area contributed by atoms with E-state index in [4.69, 9.17) is 5.10 Å². The van der Waals surface area contributed by atoms with Gasteiger partial charge in [0.2, 0.25) is 5.91 Å². The molecule has 0 saturated carbocycles. The van der Waals surface area contributed by atoms with Gasteiger partial charge in [0.05, 0.1) is 17.3 Å². The Bertz CT molecular complexity index is 1110. The number of nitrogens with zero attached hydrogens (tertiary/aromatic N) is 4. The quantitative estimate of drug-likeness (QED) is 0.713. The number of halogens is 2. The van der Waals surface area contributed by atoms with Crippen molar-refractivity contribution in [3.63, 3.8) is 0 Å². The van der Waals surface area contributed by atoms with Crippen LogP contribution in [-0.4, -0.2) is 33.6 Å². The number of amides is 1. The molecule has 1 N–H and O–H groups in total. The van der Waals surface area contributed by atoms with Gasteiger partial charge in [0, 0.05) is 37.1 Å². The van der Waals surface area contributed by atoms with E-state index in [1.54, 1.807) is 6.20 Å². The lowest BCUT2D eigenvalue weighted by Crippen LogP contribution is -2.41. The lowest BCUT2D eigenvalue weighted by molar-refractivity contribution is -0.120. The van der Waals surface area contributed by atoms with Crippen molar-refractivity contribution in [1.29, 1.82) is 0 Å². The fourth-order valence-electron chi connectivity index (χ4n) is 4.59. The van der Waals surface area contributed by atoms with E-state index in [1.807, 2.05) is 10.7 Å². The monoisotopic (exact) mass is 411 g/mol. The number of aromatic nitrogens is 3. The number of benzene rings is 1. The standard InChI is InChI=1S/C22H23F2N5O/c23-15-7-8-17(24)19(12-15)26-22(30)14-4-3-10-28(13-14)21-20-16-5-1-2-6-18(16)27-29(20)11-9-25-21/h7-9,11-12,14H,1-6,10,13H2,(H,26,30). The van der Waals surface area contributed by atoms with Gasteiger partial charge in [0.1, 0.15) is 17.2 Å². The molecule has 1 unspecified atom stereocenters. The Balaban J connectivity index is 1.40. The molecule has 30 heavy (non-hydrogen) atoms. The topological polar surface area (TPSA) is 62.5 Å². The third-order valence-electron chi connectivity index (χ3n) is 6.08. The predicted molar refractivity (Wildman–Crippen MR) is 110 cm³/mol. The first-order chi connectivity index (χ1) is 14.6. The number of carbonyl (C=O) groups is 1. The summed E-state index contributed by atoms with van der Waals surface area (Å²) < 4.78 is 29.3. The van der Waals surface area contributed by atoms with Gasteiger partial charge in [-0.15, -0.1) is 0 Å². The van der Waals surface area contributed by atoms with E-state index in [1.165, 1.54) is 5.56 Å². The first-order valence-electron chi connectivity index (χ1n) is 10.5. The molecule has 1 saturated heterocycles. The smallest absolute Gasteiger partial charge is 0.229 e. The van der Waals surface area contributed by atoms with E-state index >= 15 is 0 Å². The highest BCUT2D eigenvalue weighted by atomic mass is 19.1. The molecular formula is C22H23F2N5O. The summed E-state index contributed by atoms with van der Waals surface area (Å²) in [5.41, 5.74) is 3.31. The Morgan fingerprint density at radius 3 is 2.93 bits per heavy atom. The van der Waals surface area contributed by atoms with Gasteiger partial charge in [-0.3, -0.25) is 4.79 Å². The van der Waals surface area contributed by atoms with Crippen LogP contribution >= 0.6 is 0 Å². The van der Waals surface area contributed by atoms with Crippen molar-refractivity contribution in [2.24, 2.45) is 5.92 Å². The molecule has 6 nitrogen and oxygen atoms in total. The third-order valence-corrected chi connectivity index (χ3v) is 6.08. The van der Waals surface area contributed by atoms with Crippen LogP contribution in [0.3, 0.4) is 0 Å². The van der Waals surface area contributed by atoms with Gasteiger partial charge < -0.3 is 10.2 Å². The van der Waals surface area contributed by atoms with Crippen LogP contribution in [0.1, 0.15) is 36.9 Å². The molecule has 0 spiro atoms. The molecule has 1 aliphatic carbocycles. The van der Waals surface area contributed by atoms with Crippen molar-refractivity contribution in [1.82, 2.24) is 14.6 Å². The number of hydrogen-bond acceptors (Lipinski definition) is 4. The van der Waals surface area contributed by atoms with Crippen LogP contribution in [-0.2, 0) is 17.6 Å². The minimum atomic E-state index is -0.644. The van der Waals surface area contributed by atoms with Crippen molar-refractivity contribution >= 4 is 22.9 Å². The van der Waals surface area contributed by atoms with Crippen LogP contribution in [0.2, 0.25) is 0 Å². The molecule has 1 aromatic carbocycles. The highest BCUT2D eigenvalue weighted by Gasteiger charge is 2.29. The van der Waals surface area contributed by atoms with Gasteiger partial charge >= 0.3 is 0 Å². The zero-order chi connectivity index (χ0) is 20.7. The summed E-state index contributed by atoms with van der Waals surface area (Å²) in [6.07, 6.45) is 9.41. The maximum Gasteiger partial charge on any atom is 0.229 e. The molecule has 2 aromatic heterocycles.